The van der Waals surface area contributed by atoms with Crippen molar-refractivity contribution in [3.8, 4) is 0 Å². The summed E-state index contributed by atoms with van der Waals surface area (Å²) >= 11 is 0. The van der Waals surface area contributed by atoms with Crippen LogP contribution in [0.3, 0.4) is 0 Å². The van der Waals surface area contributed by atoms with E-state index in [2.05, 4.69) is 35.4 Å². The van der Waals surface area contributed by atoms with Crippen LogP contribution in [0.4, 0.5) is 0 Å². The number of allylic oxidation sites excluding steroid dienone is 2. The van der Waals surface area contributed by atoms with Crippen molar-refractivity contribution in [2.75, 3.05) is 26.2 Å². The monoisotopic (exact) mass is 220 g/mol. The van der Waals surface area contributed by atoms with Gasteiger partial charge in [-0.3, -0.25) is 4.90 Å². The molecule has 0 aromatic rings. The first kappa shape index (κ1) is 11.9. The molecule has 2 nitrogen and oxygen atoms in total. The number of hydrogen-bond acceptors (Lipinski definition) is 2. The highest BCUT2D eigenvalue weighted by molar-refractivity contribution is 5.23. The summed E-state index contributed by atoms with van der Waals surface area (Å²) in [6.07, 6.45) is 12.1. The fraction of sp³-hybridized carbons (Fsp3) is 0.714. The molecule has 0 bridgehead atoms. The van der Waals surface area contributed by atoms with Crippen molar-refractivity contribution < 1.29 is 0 Å². The minimum absolute atomic E-state index is 0.715. The molecule has 1 N–H and O–H groups in total. The summed E-state index contributed by atoms with van der Waals surface area (Å²) in [4.78, 5) is 2.60. The Hall–Kier alpha value is -0.600. The third-order valence-corrected chi connectivity index (χ3v) is 3.45. The van der Waals surface area contributed by atoms with E-state index in [9.17, 15) is 0 Å². The van der Waals surface area contributed by atoms with Crippen LogP contribution in [-0.4, -0.2) is 37.1 Å². The quantitative estimate of drug-likeness (QED) is 0.782. The van der Waals surface area contributed by atoms with Gasteiger partial charge < -0.3 is 5.32 Å². The van der Waals surface area contributed by atoms with Gasteiger partial charge >= 0.3 is 0 Å². The minimum Gasteiger partial charge on any atom is -0.311 e. The van der Waals surface area contributed by atoms with E-state index >= 15 is 0 Å². The lowest BCUT2D eigenvalue weighted by Crippen LogP contribution is -2.50. The predicted octanol–water partition coefficient (Wildman–Crippen LogP) is 2.34. The van der Waals surface area contributed by atoms with E-state index in [-0.39, 0.29) is 0 Å². The second-order valence-corrected chi connectivity index (χ2v) is 4.93. The van der Waals surface area contributed by atoms with E-state index in [1.54, 1.807) is 0 Å². The van der Waals surface area contributed by atoms with E-state index in [1.165, 1.54) is 44.3 Å². The second kappa shape index (κ2) is 6.21. The fourth-order valence-electron chi connectivity index (χ4n) is 2.62. The maximum Gasteiger partial charge on any atom is 0.0231 e. The fourth-order valence-corrected chi connectivity index (χ4v) is 2.62. The van der Waals surface area contributed by atoms with Crippen molar-refractivity contribution in [2.45, 2.75) is 38.6 Å². The van der Waals surface area contributed by atoms with Crippen LogP contribution in [0.1, 0.15) is 32.6 Å². The van der Waals surface area contributed by atoms with Gasteiger partial charge in [0, 0.05) is 32.2 Å². The van der Waals surface area contributed by atoms with E-state index in [4.69, 9.17) is 0 Å². The molecule has 0 aromatic carbocycles. The Labute approximate surface area is 99.4 Å². The topological polar surface area (TPSA) is 15.3 Å². The average Bonchev–Trinajstić information content (AvgIpc) is 2.31. The van der Waals surface area contributed by atoms with Crippen molar-refractivity contribution in [3.63, 3.8) is 0 Å². The standard InChI is InChI=1S/C14H24N2/c1-2-6-14-12-16(10-9-15-14)11-13-7-4-3-5-8-13/h4,7-8,14-15H,2-3,5-6,9-12H2,1H3/t14-/m0/s1. The zero-order valence-corrected chi connectivity index (χ0v) is 10.4. The molecular weight excluding hydrogens is 196 g/mol. The van der Waals surface area contributed by atoms with E-state index in [0.29, 0.717) is 6.04 Å². The van der Waals surface area contributed by atoms with Crippen molar-refractivity contribution in [2.24, 2.45) is 0 Å². The average molecular weight is 220 g/mol. The van der Waals surface area contributed by atoms with Gasteiger partial charge in [0.1, 0.15) is 0 Å². The molecule has 2 rings (SSSR count). The Morgan fingerprint density at radius 1 is 1.44 bits per heavy atom. The van der Waals surface area contributed by atoms with Crippen LogP contribution >= 0.6 is 0 Å². The third-order valence-electron chi connectivity index (χ3n) is 3.45. The molecule has 1 atom stereocenters. The first-order valence-corrected chi connectivity index (χ1v) is 6.70. The van der Waals surface area contributed by atoms with Crippen molar-refractivity contribution in [3.05, 3.63) is 23.8 Å². The lowest BCUT2D eigenvalue weighted by molar-refractivity contribution is 0.208. The summed E-state index contributed by atoms with van der Waals surface area (Å²) < 4.78 is 0. The van der Waals surface area contributed by atoms with Gasteiger partial charge in [0.2, 0.25) is 0 Å². The van der Waals surface area contributed by atoms with E-state index in [1.807, 2.05) is 0 Å². The molecule has 0 unspecified atom stereocenters. The molecule has 0 saturated carbocycles. The van der Waals surface area contributed by atoms with Crippen molar-refractivity contribution in [1.82, 2.24) is 10.2 Å². The SMILES string of the molecule is CCC[C@H]1CN(CC2=CCCC=C2)CCN1. The maximum absolute atomic E-state index is 3.61. The molecule has 16 heavy (non-hydrogen) atoms. The minimum atomic E-state index is 0.715. The van der Waals surface area contributed by atoms with Gasteiger partial charge in [0.25, 0.3) is 0 Å². The summed E-state index contributed by atoms with van der Waals surface area (Å²) in [7, 11) is 0. The first-order chi connectivity index (χ1) is 7.88. The van der Waals surface area contributed by atoms with Crippen LogP contribution in [0.2, 0.25) is 0 Å². The Bertz CT molecular complexity index is 266. The molecule has 0 radical (unpaired) electrons. The molecule has 0 spiro atoms. The molecule has 1 saturated heterocycles. The predicted molar refractivity (Wildman–Crippen MR) is 69.6 cm³/mol. The number of piperazine rings is 1. The molecule has 2 heteroatoms. The Kier molecular flexibility index (Phi) is 4.61. The molecule has 2 aliphatic rings. The van der Waals surface area contributed by atoms with Crippen molar-refractivity contribution >= 4 is 0 Å². The summed E-state index contributed by atoms with van der Waals surface area (Å²) in [6, 6.07) is 0.715. The Balaban J connectivity index is 1.80. The van der Waals surface area contributed by atoms with Gasteiger partial charge in [-0.25, -0.2) is 0 Å². The Morgan fingerprint density at radius 2 is 2.38 bits per heavy atom. The number of nitrogens with one attached hydrogen (secondary N) is 1. The van der Waals surface area contributed by atoms with Crippen LogP contribution in [0.25, 0.3) is 0 Å². The number of nitrogens with zero attached hydrogens (tertiary/aromatic N) is 1. The molecule has 1 fully saturated rings. The highest BCUT2D eigenvalue weighted by atomic mass is 15.2. The zero-order valence-electron chi connectivity index (χ0n) is 10.4. The number of hydrogen-bond donors (Lipinski definition) is 1. The van der Waals surface area contributed by atoms with E-state index in [0.717, 1.165) is 13.1 Å². The molecule has 0 aromatic heterocycles. The van der Waals surface area contributed by atoms with Crippen LogP contribution in [-0.2, 0) is 0 Å². The van der Waals surface area contributed by atoms with Gasteiger partial charge in [-0.2, -0.15) is 0 Å². The number of rotatable bonds is 4. The lowest BCUT2D eigenvalue weighted by atomic mass is 10.0. The summed E-state index contributed by atoms with van der Waals surface area (Å²) in [5.41, 5.74) is 1.52. The first-order valence-electron chi connectivity index (χ1n) is 6.70. The van der Waals surface area contributed by atoms with Crippen LogP contribution < -0.4 is 5.32 Å². The molecule has 1 aliphatic heterocycles. The van der Waals surface area contributed by atoms with Gasteiger partial charge in [-0.15, -0.1) is 0 Å². The van der Waals surface area contributed by atoms with Gasteiger partial charge in [0.05, 0.1) is 0 Å². The molecule has 1 heterocycles. The van der Waals surface area contributed by atoms with Gasteiger partial charge in [-0.05, 0) is 24.8 Å². The van der Waals surface area contributed by atoms with Crippen LogP contribution in [0.5, 0.6) is 0 Å². The lowest BCUT2D eigenvalue weighted by Gasteiger charge is -2.34. The molecule has 1 aliphatic carbocycles. The zero-order chi connectivity index (χ0) is 11.2. The van der Waals surface area contributed by atoms with Crippen LogP contribution in [0, 0.1) is 0 Å². The summed E-state index contributed by atoms with van der Waals surface area (Å²) in [6.45, 7) is 7.00. The third kappa shape index (κ3) is 3.46. The van der Waals surface area contributed by atoms with Gasteiger partial charge in [-0.1, -0.05) is 31.6 Å². The van der Waals surface area contributed by atoms with Crippen molar-refractivity contribution in [1.29, 1.82) is 0 Å². The molecular formula is C14H24N2. The maximum atomic E-state index is 3.61. The molecule has 90 valence electrons. The van der Waals surface area contributed by atoms with Gasteiger partial charge in [0.15, 0.2) is 0 Å². The Morgan fingerprint density at radius 3 is 3.12 bits per heavy atom. The largest absolute Gasteiger partial charge is 0.311 e. The molecule has 0 amide bonds. The normalized spacial score (nSPS) is 26.8. The summed E-state index contributed by atoms with van der Waals surface area (Å²) in [5.74, 6) is 0. The van der Waals surface area contributed by atoms with Crippen LogP contribution in [0.15, 0.2) is 23.8 Å². The van der Waals surface area contributed by atoms with E-state index < -0.39 is 0 Å². The summed E-state index contributed by atoms with van der Waals surface area (Å²) in [5, 5.41) is 3.61. The highest BCUT2D eigenvalue weighted by Gasteiger charge is 2.18. The highest BCUT2D eigenvalue weighted by Crippen LogP contribution is 2.13. The smallest absolute Gasteiger partial charge is 0.0231 e. The second-order valence-electron chi connectivity index (χ2n) is 4.93.